The van der Waals surface area contributed by atoms with Gasteiger partial charge >= 0.3 is 11.9 Å². The van der Waals surface area contributed by atoms with Crippen LogP contribution >= 0.6 is 0 Å². The van der Waals surface area contributed by atoms with Gasteiger partial charge in [-0.3, -0.25) is 24.0 Å². The van der Waals surface area contributed by atoms with Crippen LogP contribution in [0.1, 0.15) is 172 Å². The van der Waals surface area contributed by atoms with Crippen LogP contribution in [-0.4, -0.2) is 71.4 Å². The summed E-state index contributed by atoms with van der Waals surface area (Å²) in [5.74, 6) is -3.34. The highest BCUT2D eigenvalue weighted by molar-refractivity contribution is 5.95. The third-order valence-corrected chi connectivity index (χ3v) is 9.02. The summed E-state index contributed by atoms with van der Waals surface area (Å²) in [5, 5.41) is 11.2. The second-order valence-electron chi connectivity index (χ2n) is 17.2. The van der Waals surface area contributed by atoms with Crippen molar-refractivity contribution in [2.45, 2.75) is 208 Å². The highest BCUT2D eigenvalue weighted by atomic mass is 16.6. The Morgan fingerprint density at radius 2 is 1.08 bits per heavy atom. The molecule has 1 saturated heterocycles. The van der Waals surface area contributed by atoms with Gasteiger partial charge in [-0.15, -0.1) is 0 Å². The molecule has 306 valence electrons. The predicted octanol–water partition coefficient (Wildman–Crippen LogP) is 6.42. The first-order valence-electron chi connectivity index (χ1n) is 20.4. The molecule has 0 aliphatic carbocycles. The lowest BCUT2D eigenvalue weighted by atomic mass is 9.98. The minimum absolute atomic E-state index is 0.00386. The molecule has 0 spiro atoms. The smallest absolute Gasteiger partial charge is 0.328 e. The maximum absolute atomic E-state index is 13.8. The van der Waals surface area contributed by atoms with Gasteiger partial charge in [-0.2, -0.15) is 0 Å². The summed E-state index contributed by atoms with van der Waals surface area (Å²) in [7, 11) is 0. The maximum Gasteiger partial charge on any atom is 0.328 e. The van der Waals surface area contributed by atoms with E-state index in [-0.39, 0.29) is 43.4 Å². The zero-order valence-corrected chi connectivity index (χ0v) is 34.7. The number of carbonyl (C=O) groups excluding carboxylic acids is 6. The molecule has 4 N–H and O–H groups in total. The summed E-state index contributed by atoms with van der Waals surface area (Å²) >= 11 is 0. The van der Waals surface area contributed by atoms with E-state index in [9.17, 15) is 28.8 Å². The van der Waals surface area contributed by atoms with E-state index in [1.165, 1.54) is 32.1 Å². The number of ether oxygens (including phenoxy) is 2. The van der Waals surface area contributed by atoms with Crippen LogP contribution in [0.5, 0.6) is 0 Å². The minimum atomic E-state index is -1.17. The van der Waals surface area contributed by atoms with Gasteiger partial charge in [0.15, 0.2) is 0 Å². The Kier molecular flexibility index (Phi) is 22.6. The summed E-state index contributed by atoms with van der Waals surface area (Å²) in [4.78, 5) is 81.4. The van der Waals surface area contributed by atoms with Crippen molar-refractivity contribution < 1.29 is 38.2 Å². The number of rotatable bonds is 19. The van der Waals surface area contributed by atoms with Crippen LogP contribution in [0.15, 0.2) is 0 Å². The van der Waals surface area contributed by atoms with E-state index in [0.29, 0.717) is 19.3 Å². The topological polar surface area (TPSA) is 169 Å². The van der Waals surface area contributed by atoms with Gasteiger partial charge in [0.1, 0.15) is 35.9 Å². The average molecular weight is 751 g/mol. The Bertz CT molecular complexity index is 1150. The van der Waals surface area contributed by atoms with Crippen LogP contribution in [0.2, 0.25) is 0 Å². The molecule has 53 heavy (non-hydrogen) atoms. The molecule has 5 atom stereocenters. The highest BCUT2D eigenvalue weighted by Gasteiger charge is 2.35. The van der Waals surface area contributed by atoms with Gasteiger partial charge in [-0.05, 0) is 77.0 Å². The molecule has 0 radical (unpaired) electrons. The molecule has 12 nitrogen and oxygen atoms in total. The van der Waals surface area contributed by atoms with Crippen LogP contribution in [0.25, 0.3) is 0 Å². The first kappa shape index (κ1) is 47.8. The first-order valence-corrected chi connectivity index (χ1v) is 20.4. The Morgan fingerprint density at radius 1 is 0.642 bits per heavy atom. The molecule has 0 unspecified atom stereocenters. The van der Waals surface area contributed by atoms with Gasteiger partial charge < -0.3 is 30.7 Å². The lowest BCUT2D eigenvalue weighted by Gasteiger charge is -2.29. The van der Waals surface area contributed by atoms with E-state index in [0.717, 1.165) is 25.7 Å². The van der Waals surface area contributed by atoms with Crippen LogP contribution in [0.3, 0.4) is 0 Å². The fourth-order valence-corrected chi connectivity index (χ4v) is 6.42. The molecular formula is C41H74N4O8. The van der Waals surface area contributed by atoms with E-state index in [4.69, 9.17) is 9.47 Å². The van der Waals surface area contributed by atoms with Gasteiger partial charge in [-0.1, -0.05) is 99.8 Å². The molecule has 12 heteroatoms. The van der Waals surface area contributed by atoms with E-state index in [1.807, 2.05) is 41.5 Å². The summed E-state index contributed by atoms with van der Waals surface area (Å²) in [6.45, 7) is 19.0. The summed E-state index contributed by atoms with van der Waals surface area (Å²) < 4.78 is 11.4. The van der Waals surface area contributed by atoms with Gasteiger partial charge in [0, 0.05) is 6.42 Å². The van der Waals surface area contributed by atoms with E-state index in [2.05, 4.69) is 28.2 Å². The van der Waals surface area contributed by atoms with Crippen LogP contribution in [0.4, 0.5) is 0 Å². The number of amides is 4. The Hall–Kier alpha value is -3.18. The number of hydrogen-bond donors (Lipinski definition) is 4. The molecule has 0 bridgehead atoms. The molecule has 1 aliphatic heterocycles. The zero-order valence-electron chi connectivity index (χ0n) is 34.7. The molecule has 1 rings (SSSR count). The minimum Gasteiger partial charge on any atom is -0.460 e. The third-order valence-electron chi connectivity index (χ3n) is 9.02. The lowest BCUT2D eigenvalue weighted by molar-refractivity contribution is -0.157. The normalized spacial score (nSPS) is 22.7. The molecule has 0 aromatic heterocycles. The Morgan fingerprint density at radius 3 is 1.55 bits per heavy atom. The second-order valence-corrected chi connectivity index (χ2v) is 17.2. The molecule has 0 saturated carbocycles. The SMILES string of the molecule is CCCCCCCCCCC[C@@H]1CC(=O)N[C@@H](CCC(=O)OC(C)(C)C)C(=O)N[C@@H](CC(C)C)C(=O)N[C@H](CC(C)C)C(=O)N[C@@H](CC(C)C)C(=O)O1. The maximum atomic E-state index is 13.8. The van der Waals surface area contributed by atoms with E-state index < -0.39 is 71.4 Å². The van der Waals surface area contributed by atoms with Gasteiger partial charge in [0.05, 0.1) is 6.42 Å². The Balaban J connectivity index is 3.46. The number of carbonyl (C=O) groups is 6. The van der Waals surface area contributed by atoms with Gasteiger partial charge in [0.2, 0.25) is 23.6 Å². The predicted molar refractivity (Wildman–Crippen MR) is 208 cm³/mol. The number of unbranched alkanes of at least 4 members (excludes halogenated alkanes) is 8. The molecular weight excluding hydrogens is 676 g/mol. The third kappa shape index (κ3) is 22.0. The molecule has 1 aliphatic rings. The summed E-state index contributed by atoms with van der Waals surface area (Å²) in [6.07, 6.45) is 10.0. The van der Waals surface area contributed by atoms with Crippen molar-refractivity contribution >= 4 is 35.6 Å². The van der Waals surface area contributed by atoms with Gasteiger partial charge in [-0.25, -0.2) is 4.79 Å². The quantitative estimate of drug-likeness (QED) is 0.0866. The van der Waals surface area contributed by atoms with Gasteiger partial charge in [0.25, 0.3) is 0 Å². The molecule has 1 heterocycles. The molecule has 0 aromatic carbocycles. The van der Waals surface area contributed by atoms with E-state index in [1.54, 1.807) is 20.8 Å². The van der Waals surface area contributed by atoms with Crippen LogP contribution < -0.4 is 21.3 Å². The fraction of sp³-hybridized carbons (Fsp3) is 0.854. The van der Waals surface area contributed by atoms with Crippen molar-refractivity contribution in [2.75, 3.05) is 0 Å². The monoisotopic (exact) mass is 751 g/mol. The largest absolute Gasteiger partial charge is 0.460 e. The molecule has 4 amide bonds. The van der Waals surface area contributed by atoms with Crippen molar-refractivity contribution in [1.82, 2.24) is 21.3 Å². The number of nitrogens with one attached hydrogen (secondary N) is 4. The molecule has 0 aromatic rings. The number of cyclic esters (lactones) is 1. The number of esters is 2. The van der Waals surface area contributed by atoms with Crippen molar-refractivity contribution in [3.8, 4) is 0 Å². The van der Waals surface area contributed by atoms with E-state index >= 15 is 0 Å². The second kappa shape index (κ2) is 25.0. The first-order chi connectivity index (χ1) is 24.8. The summed E-state index contributed by atoms with van der Waals surface area (Å²) in [5.41, 5.74) is -0.734. The van der Waals surface area contributed by atoms with Crippen molar-refractivity contribution in [3.05, 3.63) is 0 Å². The average Bonchev–Trinajstić information content (AvgIpc) is 3.02. The van der Waals surface area contributed by atoms with Crippen molar-refractivity contribution in [2.24, 2.45) is 17.8 Å². The summed E-state index contributed by atoms with van der Waals surface area (Å²) in [6, 6.07) is -4.14. The lowest BCUT2D eigenvalue weighted by Crippen LogP contribution is -2.58. The molecule has 1 fully saturated rings. The standard InChI is InChI=1S/C41H74N4O8/c1-11-12-13-14-15-16-17-18-19-20-30-26-35(46)42-31(21-22-36(47)53-41(8,9)10)37(48)43-32(23-27(2)3)38(49)44-33(24-28(4)5)39(50)45-34(25-29(6)7)40(51)52-30/h27-34H,11-26H2,1-10H3,(H,42,46)(H,43,48)(H,44,49)(H,45,50)/t30-,31+,32+,33-,34+/m1/s1. The Labute approximate surface area is 320 Å². The fourth-order valence-electron chi connectivity index (χ4n) is 6.42. The number of hydrogen-bond acceptors (Lipinski definition) is 8. The van der Waals surface area contributed by atoms with Crippen LogP contribution in [0, 0.1) is 17.8 Å². The highest BCUT2D eigenvalue weighted by Crippen LogP contribution is 2.18. The van der Waals surface area contributed by atoms with Crippen molar-refractivity contribution in [3.63, 3.8) is 0 Å². The van der Waals surface area contributed by atoms with Crippen LogP contribution in [-0.2, 0) is 38.2 Å². The zero-order chi connectivity index (χ0) is 40.1. The van der Waals surface area contributed by atoms with Crippen molar-refractivity contribution in [1.29, 1.82) is 0 Å².